The minimum Gasteiger partial charge on any atom is -0.479 e. The van der Waals surface area contributed by atoms with E-state index in [0.717, 1.165) is 18.4 Å². The number of hydrogen-bond donors (Lipinski definition) is 0. The second-order valence-corrected chi connectivity index (χ2v) is 10.2. The number of thioether (sulfide) groups is 1. The van der Waals surface area contributed by atoms with Crippen molar-refractivity contribution in [3.8, 4) is 16.9 Å². The lowest BCUT2D eigenvalue weighted by molar-refractivity contribution is -0.151. The Kier molecular flexibility index (Phi) is 14.6. The van der Waals surface area contributed by atoms with E-state index in [-0.39, 0.29) is 5.97 Å². The molecule has 0 radical (unpaired) electrons. The van der Waals surface area contributed by atoms with Crippen molar-refractivity contribution >= 4 is 17.7 Å². The van der Waals surface area contributed by atoms with Crippen molar-refractivity contribution < 1.29 is 14.3 Å². The fraction of sp³-hybridized carbons (Fsp3) is 0.567. The molecule has 0 aliphatic rings. The lowest BCUT2D eigenvalue weighted by Gasteiger charge is -2.14. The summed E-state index contributed by atoms with van der Waals surface area (Å²) in [6.07, 6.45) is 13.1. The van der Waals surface area contributed by atoms with E-state index in [1.165, 1.54) is 74.0 Å². The number of rotatable bonds is 18. The first kappa shape index (κ1) is 28.3. The van der Waals surface area contributed by atoms with Crippen LogP contribution in [0.2, 0.25) is 0 Å². The van der Waals surface area contributed by atoms with E-state index in [1.54, 1.807) is 6.92 Å². The molecule has 0 fully saturated rings. The fourth-order valence-corrected chi connectivity index (χ4v) is 4.70. The highest BCUT2D eigenvalue weighted by Gasteiger charge is 2.16. The van der Waals surface area contributed by atoms with Crippen LogP contribution in [0.3, 0.4) is 0 Å². The Bertz CT molecular complexity index is 786. The summed E-state index contributed by atoms with van der Waals surface area (Å²) in [6.45, 7) is 6.69. The zero-order valence-electron chi connectivity index (χ0n) is 21.5. The average molecular weight is 485 g/mol. The van der Waals surface area contributed by atoms with Gasteiger partial charge in [-0.05, 0) is 60.9 Å². The number of hydrogen-bond acceptors (Lipinski definition) is 4. The Balaban J connectivity index is 1.71. The number of esters is 1. The topological polar surface area (TPSA) is 35.5 Å². The first-order valence-electron chi connectivity index (χ1n) is 13.3. The van der Waals surface area contributed by atoms with Gasteiger partial charge in [0, 0.05) is 4.90 Å². The van der Waals surface area contributed by atoms with E-state index in [4.69, 9.17) is 9.47 Å². The molecule has 2 aromatic rings. The van der Waals surface area contributed by atoms with Crippen LogP contribution in [0.5, 0.6) is 5.75 Å². The van der Waals surface area contributed by atoms with Crippen molar-refractivity contribution in [3.63, 3.8) is 0 Å². The van der Waals surface area contributed by atoms with Gasteiger partial charge < -0.3 is 9.47 Å². The molecule has 0 aromatic heterocycles. The molecule has 2 rings (SSSR count). The van der Waals surface area contributed by atoms with E-state index in [2.05, 4.69) is 38.1 Å². The van der Waals surface area contributed by atoms with Crippen LogP contribution in [0.4, 0.5) is 0 Å². The second-order valence-electron chi connectivity index (χ2n) is 9.01. The van der Waals surface area contributed by atoms with Crippen LogP contribution in [-0.4, -0.2) is 24.4 Å². The summed E-state index contributed by atoms with van der Waals surface area (Å²) in [5.41, 5.74) is 2.33. The molecule has 4 heteroatoms. The maximum Gasteiger partial charge on any atom is 0.347 e. The van der Waals surface area contributed by atoms with Gasteiger partial charge in [0.15, 0.2) is 6.10 Å². The summed E-state index contributed by atoms with van der Waals surface area (Å²) in [6, 6.07) is 16.7. The highest BCUT2D eigenvalue weighted by atomic mass is 32.2. The van der Waals surface area contributed by atoms with Gasteiger partial charge in [-0.25, -0.2) is 4.79 Å². The van der Waals surface area contributed by atoms with Crippen molar-refractivity contribution in [1.82, 2.24) is 0 Å². The smallest absolute Gasteiger partial charge is 0.347 e. The lowest BCUT2D eigenvalue weighted by atomic mass is 10.1. The number of ether oxygens (including phenoxy) is 2. The number of benzene rings is 2. The SMILES string of the molecule is CCCCCCCCOC(=O)[C@@H](C)Oc1ccc(-c2ccc(SCCCCCCC)cc2)cc1. The molecule has 0 saturated heterocycles. The van der Waals surface area contributed by atoms with Crippen molar-refractivity contribution in [2.45, 2.75) is 102 Å². The Morgan fingerprint density at radius 3 is 1.88 bits per heavy atom. The van der Waals surface area contributed by atoms with Crippen LogP contribution in [0.1, 0.15) is 91.4 Å². The monoisotopic (exact) mass is 484 g/mol. The van der Waals surface area contributed by atoms with Gasteiger partial charge in [0.1, 0.15) is 5.75 Å². The Morgan fingerprint density at radius 2 is 1.26 bits per heavy atom. The van der Waals surface area contributed by atoms with E-state index in [0.29, 0.717) is 12.4 Å². The highest BCUT2D eigenvalue weighted by Crippen LogP contribution is 2.27. The minimum atomic E-state index is -0.607. The van der Waals surface area contributed by atoms with Crippen LogP contribution in [-0.2, 0) is 9.53 Å². The third-order valence-electron chi connectivity index (χ3n) is 5.95. The van der Waals surface area contributed by atoms with Gasteiger partial charge in [-0.1, -0.05) is 95.9 Å². The second kappa shape index (κ2) is 17.5. The molecule has 2 aromatic carbocycles. The molecule has 0 unspecified atom stereocenters. The standard InChI is InChI=1S/C30H44O3S/c1-4-6-8-10-11-13-23-32-30(31)25(3)33-28-19-15-26(16-20-28)27-17-21-29(22-18-27)34-24-14-12-9-7-5-2/h15-22,25H,4-14,23-24H2,1-3H3/t25-/m1/s1. The van der Waals surface area contributed by atoms with Crippen LogP contribution < -0.4 is 4.74 Å². The van der Waals surface area contributed by atoms with Crippen LogP contribution in [0.15, 0.2) is 53.4 Å². The predicted molar refractivity (Wildman–Crippen MR) is 146 cm³/mol. The normalized spacial score (nSPS) is 11.9. The molecule has 1 atom stereocenters. The lowest BCUT2D eigenvalue weighted by Crippen LogP contribution is -2.26. The van der Waals surface area contributed by atoms with E-state index < -0.39 is 6.10 Å². The summed E-state index contributed by atoms with van der Waals surface area (Å²) in [5.74, 6) is 1.58. The summed E-state index contributed by atoms with van der Waals surface area (Å²) < 4.78 is 11.2. The predicted octanol–water partition coefficient (Wildman–Crippen LogP) is 9.09. The molecule has 0 heterocycles. The zero-order valence-corrected chi connectivity index (χ0v) is 22.3. The molecule has 188 valence electrons. The molecular weight excluding hydrogens is 440 g/mol. The van der Waals surface area contributed by atoms with Gasteiger partial charge in [-0.15, -0.1) is 11.8 Å². The van der Waals surface area contributed by atoms with E-state index >= 15 is 0 Å². The van der Waals surface area contributed by atoms with E-state index in [9.17, 15) is 4.79 Å². The average Bonchev–Trinajstić information content (AvgIpc) is 2.86. The van der Waals surface area contributed by atoms with Crippen LogP contribution in [0, 0.1) is 0 Å². The van der Waals surface area contributed by atoms with Gasteiger partial charge in [-0.3, -0.25) is 0 Å². The van der Waals surface area contributed by atoms with Gasteiger partial charge in [0.25, 0.3) is 0 Å². The molecule has 0 bridgehead atoms. The van der Waals surface area contributed by atoms with Gasteiger partial charge in [-0.2, -0.15) is 0 Å². The Morgan fingerprint density at radius 1 is 0.735 bits per heavy atom. The summed E-state index contributed by atoms with van der Waals surface area (Å²) >= 11 is 1.94. The third kappa shape index (κ3) is 11.5. The number of unbranched alkanes of at least 4 members (excludes halogenated alkanes) is 9. The maximum absolute atomic E-state index is 12.2. The largest absolute Gasteiger partial charge is 0.479 e. The maximum atomic E-state index is 12.2. The first-order valence-corrected chi connectivity index (χ1v) is 14.3. The molecule has 34 heavy (non-hydrogen) atoms. The molecule has 0 amide bonds. The van der Waals surface area contributed by atoms with E-state index in [1.807, 2.05) is 36.0 Å². The molecule has 0 saturated carbocycles. The highest BCUT2D eigenvalue weighted by molar-refractivity contribution is 7.99. The molecule has 0 N–H and O–H groups in total. The Labute approximate surface area is 212 Å². The van der Waals surface area contributed by atoms with Crippen LogP contribution in [0.25, 0.3) is 11.1 Å². The molecule has 0 aliphatic heterocycles. The summed E-state index contributed by atoms with van der Waals surface area (Å²) in [7, 11) is 0. The van der Waals surface area contributed by atoms with Crippen molar-refractivity contribution in [1.29, 1.82) is 0 Å². The molecule has 3 nitrogen and oxygen atoms in total. The summed E-state index contributed by atoms with van der Waals surface area (Å²) in [4.78, 5) is 13.5. The molecular formula is C30H44O3S. The van der Waals surface area contributed by atoms with Crippen molar-refractivity contribution in [2.75, 3.05) is 12.4 Å². The zero-order chi connectivity index (χ0) is 24.4. The fourth-order valence-electron chi connectivity index (χ4n) is 3.79. The van der Waals surface area contributed by atoms with Crippen molar-refractivity contribution in [2.24, 2.45) is 0 Å². The summed E-state index contributed by atoms with van der Waals surface area (Å²) in [5, 5.41) is 0. The van der Waals surface area contributed by atoms with Crippen molar-refractivity contribution in [3.05, 3.63) is 48.5 Å². The third-order valence-corrected chi connectivity index (χ3v) is 7.04. The first-order chi connectivity index (χ1) is 16.6. The quantitative estimate of drug-likeness (QED) is 0.120. The van der Waals surface area contributed by atoms with Gasteiger partial charge in [0.05, 0.1) is 6.61 Å². The Hall–Kier alpha value is -1.94. The van der Waals surface area contributed by atoms with Gasteiger partial charge >= 0.3 is 5.97 Å². The van der Waals surface area contributed by atoms with Gasteiger partial charge in [0.2, 0.25) is 0 Å². The number of carbonyl (C=O) groups is 1. The molecule has 0 aliphatic carbocycles. The van der Waals surface area contributed by atoms with Crippen LogP contribution >= 0.6 is 11.8 Å². The minimum absolute atomic E-state index is 0.295. The molecule has 0 spiro atoms. The number of carbonyl (C=O) groups excluding carboxylic acids is 1.